The van der Waals surface area contributed by atoms with Gasteiger partial charge in [0.15, 0.2) is 15.8 Å². The van der Waals surface area contributed by atoms with Gasteiger partial charge in [0.05, 0.1) is 11.5 Å². The van der Waals surface area contributed by atoms with Gasteiger partial charge in [-0.25, -0.2) is 8.42 Å². The molecular weight excluding hydrogens is 286 g/mol. The summed E-state index contributed by atoms with van der Waals surface area (Å²) in [6.45, 7) is 2.84. The molecule has 116 valence electrons. The van der Waals surface area contributed by atoms with E-state index >= 15 is 0 Å². The summed E-state index contributed by atoms with van der Waals surface area (Å²) in [5, 5.41) is 6.41. The van der Waals surface area contributed by atoms with Crippen molar-refractivity contribution in [3.63, 3.8) is 0 Å². The summed E-state index contributed by atoms with van der Waals surface area (Å²) in [7, 11) is -1.16. The van der Waals surface area contributed by atoms with Gasteiger partial charge in [0, 0.05) is 19.6 Å². The van der Waals surface area contributed by atoms with Crippen molar-refractivity contribution in [3.05, 3.63) is 35.4 Å². The lowest BCUT2D eigenvalue weighted by atomic mass is 10.1. The Morgan fingerprint density at radius 3 is 2.62 bits per heavy atom. The minimum atomic E-state index is -2.86. The number of nitrogens with one attached hydrogen (secondary N) is 2. The molecule has 0 aromatic heterocycles. The number of hydrogen-bond donors (Lipinski definition) is 2. The van der Waals surface area contributed by atoms with Crippen molar-refractivity contribution in [2.24, 2.45) is 4.99 Å². The van der Waals surface area contributed by atoms with Crippen LogP contribution < -0.4 is 10.6 Å². The summed E-state index contributed by atoms with van der Waals surface area (Å²) in [6.07, 6.45) is 1.56. The zero-order valence-corrected chi connectivity index (χ0v) is 13.4. The van der Waals surface area contributed by atoms with Crippen molar-refractivity contribution < 1.29 is 8.42 Å². The number of sulfone groups is 1. The summed E-state index contributed by atoms with van der Waals surface area (Å²) in [4.78, 5) is 4.14. The number of hydrogen-bond acceptors (Lipinski definition) is 3. The predicted molar refractivity (Wildman–Crippen MR) is 86.4 cm³/mol. The van der Waals surface area contributed by atoms with Crippen LogP contribution in [0.25, 0.3) is 0 Å². The second-order valence-electron chi connectivity index (χ2n) is 5.48. The molecule has 1 aliphatic rings. The van der Waals surface area contributed by atoms with E-state index in [4.69, 9.17) is 0 Å². The van der Waals surface area contributed by atoms with Crippen molar-refractivity contribution in [2.75, 3.05) is 25.1 Å². The van der Waals surface area contributed by atoms with Crippen molar-refractivity contribution in [1.29, 1.82) is 0 Å². The molecule has 0 bridgehead atoms. The summed E-state index contributed by atoms with van der Waals surface area (Å²) in [5.74, 6) is 1.14. The third-order valence-corrected chi connectivity index (χ3v) is 5.39. The molecule has 1 saturated heterocycles. The van der Waals surface area contributed by atoms with Gasteiger partial charge in [0.2, 0.25) is 0 Å². The first kappa shape index (κ1) is 15.8. The Bertz CT molecular complexity index is 594. The molecule has 2 N–H and O–H groups in total. The molecule has 0 saturated carbocycles. The zero-order valence-electron chi connectivity index (χ0n) is 12.6. The van der Waals surface area contributed by atoms with E-state index in [9.17, 15) is 8.42 Å². The number of rotatable bonds is 4. The molecule has 1 heterocycles. The van der Waals surface area contributed by atoms with Crippen LogP contribution in [-0.2, 0) is 16.3 Å². The van der Waals surface area contributed by atoms with Gasteiger partial charge >= 0.3 is 0 Å². The van der Waals surface area contributed by atoms with E-state index in [0.29, 0.717) is 12.4 Å². The maximum atomic E-state index is 11.4. The van der Waals surface area contributed by atoms with Crippen LogP contribution >= 0.6 is 0 Å². The van der Waals surface area contributed by atoms with Gasteiger partial charge in [0.25, 0.3) is 0 Å². The Balaban J connectivity index is 1.77. The number of guanidine groups is 1. The predicted octanol–water partition coefficient (Wildman–Crippen LogP) is 0.890. The van der Waals surface area contributed by atoms with E-state index in [0.717, 1.165) is 13.0 Å². The summed E-state index contributed by atoms with van der Waals surface area (Å²) in [6, 6.07) is 8.42. The molecule has 1 atom stereocenters. The minimum absolute atomic E-state index is 0.0272. The lowest BCUT2D eigenvalue weighted by Gasteiger charge is -2.16. The van der Waals surface area contributed by atoms with Crippen molar-refractivity contribution in [2.45, 2.75) is 25.8 Å². The maximum absolute atomic E-state index is 11.4. The van der Waals surface area contributed by atoms with Gasteiger partial charge in [-0.05, 0) is 25.3 Å². The highest BCUT2D eigenvalue weighted by Crippen LogP contribution is 2.10. The zero-order chi connectivity index (χ0) is 15.3. The Labute approximate surface area is 126 Å². The van der Waals surface area contributed by atoms with Crippen molar-refractivity contribution in [1.82, 2.24) is 10.6 Å². The van der Waals surface area contributed by atoms with Crippen LogP contribution in [0.2, 0.25) is 0 Å². The highest BCUT2D eigenvalue weighted by Gasteiger charge is 2.28. The number of nitrogens with zero attached hydrogens (tertiary/aromatic N) is 1. The first-order valence-electron chi connectivity index (χ1n) is 7.22. The fraction of sp³-hybridized carbons (Fsp3) is 0.533. The van der Waals surface area contributed by atoms with Crippen LogP contribution in [0, 0.1) is 6.92 Å². The van der Waals surface area contributed by atoms with E-state index in [1.807, 2.05) is 0 Å². The number of aliphatic imine (C=N–C) groups is 1. The molecule has 2 rings (SSSR count). The molecule has 1 aromatic rings. The van der Waals surface area contributed by atoms with Gasteiger partial charge < -0.3 is 10.6 Å². The van der Waals surface area contributed by atoms with Crippen LogP contribution in [0.5, 0.6) is 0 Å². The van der Waals surface area contributed by atoms with Crippen molar-refractivity contribution >= 4 is 15.8 Å². The monoisotopic (exact) mass is 309 g/mol. The Morgan fingerprint density at radius 1 is 1.33 bits per heavy atom. The molecule has 0 aliphatic carbocycles. The molecule has 0 spiro atoms. The van der Waals surface area contributed by atoms with Crippen LogP contribution in [0.4, 0.5) is 0 Å². The number of benzene rings is 1. The second-order valence-corrected chi connectivity index (χ2v) is 7.71. The van der Waals surface area contributed by atoms with Crippen LogP contribution in [0.1, 0.15) is 17.5 Å². The third-order valence-electron chi connectivity index (χ3n) is 3.62. The van der Waals surface area contributed by atoms with E-state index < -0.39 is 9.84 Å². The van der Waals surface area contributed by atoms with Gasteiger partial charge in [-0.1, -0.05) is 29.8 Å². The quantitative estimate of drug-likeness (QED) is 0.640. The molecule has 1 fully saturated rings. The van der Waals surface area contributed by atoms with Gasteiger partial charge in [-0.15, -0.1) is 0 Å². The Hall–Kier alpha value is -1.56. The number of aryl methyl sites for hydroxylation is 1. The highest BCUT2D eigenvalue weighted by molar-refractivity contribution is 7.91. The molecule has 5 nitrogen and oxygen atoms in total. The minimum Gasteiger partial charge on any atom is -0.356 e. The molecule has 1 unspecified atom stereocenters. The second kappa shape index (κ2) is 6.93. The molecular formula is C15H23N3O2S. The molecule has 1 aliphatic heterocycles. The standard InChI is InChI=1S/C15H23N3O2S/c1-12-3-5-13(6-4-12)7-9-17-15(16-2)18-14-8-10-21(19,20)11-14/h3-6,14H,7-11H2,1-2H3,(H2,16,17,18). The molecule has 6 heteroatoms. The van der Waals surface area contributed by atoms with E-state index in [2.05, 4.69) is 46.8 Å². The van der Waals surface area contributed by atoms with Crippen LogP contribution in [0.3, 0.4) is 0 Å². The van der Waals surface area contributed by atoms with Crippen molar-refractivity contribution in [3.8, 4) is 0 Å². The Morgan fingerprint density at radius 2 is 2.05 bits per heavy atom. The van der Waals surface area contributed by atoms with E-state index in [-0.39, 0.29) is 17.5 Å². The maximum Gasteiger partial charge on any atom is 0.191 e. The third kappa shape index (κ3) is 5.04. The summed E-state index contributed by atoms with van der Waals surface area (Å²) in [5.41, 5.74) is 2.53. The Kier molecular flexibility index (Phi) is 5.22. The lowest BCUT2D eigenvalue weighted by molar-refractivity contribution is 0.599. The van der Waals surface area contributed by atoms with Crippen LogP contribution in [-0.4, -0.2) is 45.5 Å². The highest BCUT2D eigenvalue weighted by atomic mass is 32.2. The molecule has 0 radical (unpaired) electrons. The molecule has 0 amide bonds. The fourth-order valence-corrected chi connectivity index (χ4v) is 4.05. The first-order chi connectivity index (χ1) is 9.98. The normalized spacial score (nSPS) is 21.2. The fourth-order valence-electron chi connectivity index (χ4n) is 2.38. The van der Waals surface area contributed by atoms with Gasteiger partial charge in [-0.3, -0.25) is 4.99 Å². The van der Waals surface area contributed by atoms with Gasteiger partial charge in [0.1, 0.15) is 0 Å². The topological polar surface area (TPSA) is 70.6 Å². The average Bonchev–Trinajstić information content (AvgIpc) is 2.79. The lowest BCUT2D eigenvalue weighted by Crippen LogP contribution is -2.44. The molecule has 21 heavy (non-hydrogen) atoms. The largest absolute Gasteiger partial charge is 0.356 e. The van der Waals surface area contributed by atoms with E-state index in [1.54, 1.807) is 7.05 Å². The first-order valence-corrected chi connectivity index (χ1v) is 9.04. The SMILES string of the molecule is CN=C(NCCc1ccc(C)cc1)NC1CCS(=O)(=O)C1. The molecule has 1 aromatic carbocycles. The summed E-state index contributed by atoms with van der Waals surface area (Å²) < 4.78 is 22.9. The van der Waals surface area contributed by atoms with Gasteiger partial charge in [-0.2, -0.15) is 0 Å². The van der Waals surface area contributed by atoms with E-state index in [1.165, 1.54) is 11.1 Å². The van der Waals surface area contributed by atoms with Crippen LogP contribution in [0.15, 0.2) is 29.3 Å². The summed E-state index contributed by atoms with van der Waals surface area (Å²) >= 11 is 0. The average molecular weight is 309 g/mol. The smallest absolute Gasteiger partial charge is 0.191 e.